The van der Waals surface area contributed by atoms with Gasteiger partial charge in [-0.3, -0.25) is 14.5 Å². The van der Waals surface area contributed by atoms with Gasteiger partial charge in [0.2, 0.25) is 5.95 Å². The van der Waals surface area contributed by atoms with Crippen molar-refractivity contribution in [3.05, 3.63) is 70.8 Å². The van der Waals surface area contributed by atoms with Crippen molar-refractivity contribution in [1.29, 1.82) is 0 Å². The van der Waals surface area contributed by atoms with Crippen LogP contribution in [0, 0.1) is 24.5 Å². The van der Waals surface area contributed by atoms with Crippen LogP contribution >= 0.6 is 0 Å². The fraction of sp³-hybridized carbons (Fsp3) is 0.211. The molecule has 1 atom stereocenters. The molecule has 0 saturated carbocycles. The Balaban J connectivity index is 1.67. The van der Waals surface area contributed by atoms with Gasteiger partial charge in [0, 0.05) is 11.3 Å². The van der Waals surface area contributed by atoms with E-state index in [4.69, 9.17) is 5.73 Å². The summed E-state index contributed by atoms with van der Waals surface area (Å²) >= 11 is 0. The number of aliphatic imine (C=N–C) groups is 1. The number of nitrogens with zero attached hydrogens (tertiary/aromatic N) is 5. The maximum atomic E-state index is 14.7. The number of rotatable bonds is 3. The molecule has 0 fully saturated rings. The summed E-state index contributed by atoms with van der Waals surface area (Å²) in [7, 11) is 0. The number of nitrogens with two attached hydrogens (primary N) is 1. The van der Waals surface area contributed by atoms with E-state index in [-0.39, 0.29) is 40.7 Å². The van der Waals surface area contributed by atoms with Crippen molar-refractivity contribution >= 4 is 17.4 Å². The molecule has 3 N–H and O–H groups in total. The smallest absolute Gasteiger partial charge is 0.275 e. The molecule has 1 unspecified atom stereocenters. The first-order chi connectivity index (χ1) is 14.2. The second-order valence-electron chi connectivity index (χ2n) is 7.05. The standard InChI is InChI=1S/C19H16F3N7O/c1-9-15(22)16-17(23)27-19(2,8-29(16)28-9)11-5-10(3-4-12(11)20)26-18(30)13-6-25-14(21)7-24-13/h3-7H,8H2,1-2H3,(H2,23,27)(H,26,30). The molecule has 3 heterocycles. The lowest BCUT2D eigenvalue weighted by atomic mass is 9.90. The zero-order valence-corrected chi connectivity index (χ0v) is 15.9. The Labute approximate surface area is 168 Å². The topological polar surface area (TPSA) is 111 Å². The predicted octanol–water partition coefficient (Wildman–Crippen LogP) is 2.29. The van der Waals surface area contributed by atoms with E-state index >= 15 is 0 Å². The summed E-state index contributed by atoms with van der Waals surface area (Å²) < 4.78 is 43.2. The van der Waals surface area contributed by atoms with E-state index in [1.54, 1.807) is 6.92 Å². The van der Waals surface area contributed by atoms with Crippen molar-refractivity contribution in [3.63, 3.8) is 0 Å². The number of nitrogens with one attached hydrogen (secondary N) is 1. The Hall–Kier alpha value is -3.76. The number of halogens is 3. The molecule has 1 amide bonds. The average Bonchev–Trinajstić information content (AvgIpc) is 2.97. The first kappa shape index (κ1) is 19.6. The summed E-state index contributed by atoms with van der Waals surface area (Å²) in [6.45, 7) is 3.18. The molecular formula is C19H16F3N7O. The van der Waals surface area contributed by atoms with Crippen LogP contribution in [0.5, 0.6) is 0 Å². The van der Waals surface area contributed by atoms with Crippen molar-refractivity contribution in [2.24, 2.45) is 10.7 Å². The van der Waals surface area contributed by atoms with Gasteiger partial charge >= 0.3 is 0 Å². The lowest BCUT2D eigenvalue weighted by Crippen LogP contribution is -2.38. The van der Waals surface area contributed by atoms with E-state index in [1.807, 2.05) is 0 Å². The number of aromatic nitrogens is 4. The van der Waals surface area contributed by atoms with Gasteiger partial charge < -0.3 is 11.1 Å². The Morgan fingerprint density at radius 1 is 1.23 bits per heavy atom. The molecule has 0 radical (unpaired) electrons. The van der Waals surface area contributed by atoms with Gasteiger partial charge in [0.25, 0.3) is 5.91 Å². The number of fused-ring (bicyclic) bond motifs is 1. The molecule has 3 aromatic rings. The summed E-state index contributed by atoms with van der Waals surface area (Å²) in [5.41, 5.74) is 5.25. The van der Waals surface area contributed by atoms with Gasteiger partial charge in [-0.25, -0.2) is 18.7 Å². The fourth-order valence-electron chi connectivity index (χ4n) is 3.35. The van der Waals surface area contributed by atoms with E-state index in [0.717, 1.165) is 12.4 Å². The number of hydrogen-bond donors (Lipinski definition) is 2. The van der Waals surface area contributed by atoms with Crippen LogP contribution in [0.1, 0.15) is 34.4 Å². The third-order valence-corrected chi connectivity index (χ3v) is 4.78. The zero-order chi connectivity index (χ0) is 21.6. The Morgan fingerprint density at radius 2 is 2.00 bits per heavy atom. The molecule has 1 aromatic carbocycles. The molecule has 0 bridgehead atoms. The van der Waals surface area contributed by atoms with E-state index in [0.29, 0.717) is 0 Å². The summed E-state index contributed by atoms with van der Waals surface area (Å²) in [5, 5.41) is 6.66. The largest absolute Gasteiger partial charge is 0.382 e. The first-order valence-corrected chi connectivity index (χ1v) is 8.85. The second-order valence-corrected chi connectivity index (χ2v) is 7.05. The van der Waals surface area contributed by atoms with Crippen molar-refractivity contribution in [1.82, 2.24) is 19.7 Å². The monoisotopic (exact) mass is 415 g/mol. The summed E-state index contributed by atoms with van der Waals surface area (Å²) in [4.78, 5) is 23.7. The highest BCUT2D eigenvalue weighted by Crippen LogP contribution is 2.35. The minimum absolute atomic E-state index is 0.0472. The molecule has 0 saturated heterocycles. The summed E-state index contributed by atoms with van der Waals surface area (Å²) in [5.74, 6) is -2.72. The van der Waals surface area contributed by atoms with Crippen LogP contribution in [0.2, 0.25) is 0 Å². The molecule has 2 aromatic heterocycles. The highest BCUT2D eigenvalue weighted by Gasteiger charge is 2.37. The SMILES string of the molecule is Cc1nn2c(c1F)C(N)=NC(C)(c1cc(NC(=O)c3cnc(F)cn3)ccc1F)C2. The van der Waals surface area contributed by atoms with Gasteiger partial charge in [-0.1, -0.05) is 0 Å². The van der Waals surface area contributed by atoms with Crippen LogP contribution in [-0.4, -0.2) is 31.5 Å². The van der Waals surface area contributed by atoms with Gasteiger partial charge in [0.1, 0.15) is 28.6 Å². The van der Waals surface area contributed by atoms with E-state index in [2.05, 4.69) is 25.4 Å². The normalized spacial score (nSPS) is 18.0. The Bertz CT molecular complexity index is 1190. The highest BCUT2D eigenvalue weighted by molar-refractivity contribution is 6.02. The third kappa shape index (κ3) is 3.27. The van der Waals surface area contributed by atoms with E-state index < -0.39 is 29.0 Å². The van der Waals surface area contributed by atoms with Crippen LogP contribution in [0.3, 0.4) is 0 Å². The van der Waals surface area contributed by atoms with Crippen molar-refractivity contribution < 1.29 is 18.0 Å². The first-order valence-electron chi connectivity index (χ1n) is 8.85. The number of hydrogen-bond acceptors (Lipinski definition) is 6. The molecule has 8 nitrogen and oxygen atoms in total. The van der Waals surface area contributed by atoms with Gasteiger partial charge in [-0.15, -0.1) is 0 Å². The van der Waals surface area contributed by atoms with Crippen molar-refractivity contribution in [2.75, 3.05) is 5.32 Å². The van der Waals surface area contributed by atoms with Gasteiger partial charge in [-0.05, 0) is 32.0 Å². The number of anilines is 1. The number of amidine groups is 1. The minimum atomic E-state index is -1.19. The van der Waals surface area contributed by atoms with Gasteiger partial charge in [0.15, 0.2) is 5.82 Å². The fourth-order valence-corrected chi connectivity index (χ4v) is 3.35. The lowest BCUT2D eigenvalue weighted by molar-refractivity contribution is 0.102. The average molecular weight is 415 g/mol. The summed E-state index contributed by atoms with van der Waals surface area (Å²) in [6, 6.07) is 3.93. The van der Waals surface area contributed by atoms with Crippen LogP contribution in [0.25, 0.3) is 0 Å². The molecule has 1 aliphatic rings. The van der Waals surface area contributed by atoms with Gasteiger partial charge in [0.05, 0.1) is 24.6 Å². The van der Waals surface area contributed by atoms with Crippen molar-refractivity contribution in [2.45, 2.75) is 25.9 Å². The predicted molar refractivity (Wildman–Crippen MR) is 101 cm³/mol. The molecule has 1 aliphatic heterocycles. The second kappa shape index (κ2) is 6.94. The van der Waals surface area contributed by atoms with E-state index in [9.17, 15) is 18.0 Å². The van der Waals surface area contributed by atoms with Crippen LogP contribution in [0.15, 0.2) is 35.6 Å². The minimum Gasteiger partial charge on any atom is -0.382 e. The summed E-state index contributed by atoms with van der Waals surface area (Å²) in [6.07, 6.45) is 1.80. The molecule has 154 valence electrons. The molecule has 4 rings (SSSR count). The third-order valence-electron chi connectivity index (χ3n) is 4.78. The highest BCUT2D eigenvalue weighted by atomic mass is 19.1. The van der Waals surface area contributed by atoms with Crippen LogP contribution in [0.4, 0.5) is 18.9 Å². The lowest BCUT2D eigenvalue weighted by Gasteiger charge is -2.31. The maximum absolute atomic E-state index is 14.7. The van der Waals surface area contributed by atoms with Gasteiger partial charge in [-0.2, -0.15) is 9.49 Å². The van der Waals surface area contributed by atoms with Crippen molar-refractivity contribution in [3.8, 4) is 0 Å². The molecule has 0 spiro atoms. The molecule has 0 aliphatic carbocycles. The number of benzene rings is 1. The molecule has 30 heavy (non-hydrogen) atoms. The maximum Gasteiger partial charge on any atom is 0.275 e. The number of carbonyl (C=O) groups excluding carboxylic acids is 1. The quantitative estimate of drug-likeness (QED) is 0.682. The Kier molecular flexibility index (Phi) is 4.52. The zero-order valence-electron chi connectivity index (χ0n) is 15.9. The van der Waals surface area contributed by atoms with E-state index in [1.165, 1.54) is 29.8 Å². The number of carbonyl (C=O) groups is 1. The molecular weight excluding hydrogens is 399 g/mol. The molecule has 11 heteroatoms. The Morgan fingerprint density at radius 3 is 2.70 bits per heavy atom. The van der Waals surface area contributed by atoms with Crippen LogP contribution in [-0.2, 0) is 12.1 Å². The number of aryl methyl sites for hydroxylation is 1. The van der Waals surface area contributed by atoms with Crippen LogP contribution < -0.4 is 11.1 Å². The number of amides is 1.